The van der Waals surface area contributed by atoms with Gasteiger partial charge in [0.1, 0.15) is 4.90 Å². The third kappa shape index (κ3) is 3.85. The standard InChI is InChI=1S/C16H22N4O4S.ClH/c1-2-20-16(22)13-4-3-12(11-14(13)25(20,23)24)15(21)18-7-10-19-8-5-17-6-9-19;/h3-4,11,17H,2,5-10H2,1H3,(H,18,21);1H. The number of piperazine rings is 1. The monoisotopic (exact) mass is 402 g/mol. The highest BCUT2D eigenvalue weighted by Crippen LogP contribution is 2.30. The molecule has 1 aromatic rings. The molecule has 0 spiro atoms. The Balaban J connectivity index is 0.00000243. The molecule has 1 aromatic carbocycles. The molecular weight excluding hydrogens is 380 g/mol. The van der Waals surface area contributed by atoms with Crippen LogP contribution in [0.25, 0.3) is 0 Å². The van der Waals surface area contributed by atoms with Gasteiger partial charge in [0.2, 0.25) is 0 Å². The number of fused-ring (bicyclic) bond motifs is 1. The Bertz CT molecular complexity index is 793. The van der Waals surface area contributed by atoms with Gasteiger partial charge in [-0.15, -0.1) is 12.4 Å². The molecule has 144 valence electrons. The molecule has 0 radical (unpaired) electrons. The molecule has 1 fully saturated rings. The minimum atomic E-state index is -3.85. The maximum Gasteiger partial charge on any atom is 0.268 e. The number of halogens is 1. The average Bonchev–Trinajstić information content (AvgIpc) is 2.81. The van der Waals surface area contributed by atoms with Crippen molar-refractivity contribution >= 4 is 34.2 Å². The van der Waals surface area contributed by atoms with Gasteiger partial charge < -0.3 is 10.6 Å². The molecule has 0 atom stereocenters. The number of hydrogen-bond acceptors (Lipinski definition) is 6. The smallest absolute Gasteiger partial charge is 0.268 e. The number of carbonyl (C=O) groups excluding carboxylic acids is 2. The van der Waals surface area contributed by atoms with Crippen molar-refractivity contribution < 1.29 is 18.0 Å². The topological polar surface area (TPSA) is 98.8 Å². The maximum absolute atomic E-state index is 12.4. The van der Waals surface area contributed by atoms with Gasteiger partial charge in [0.05, 0.1) is 5.56 Å². The lowest BCUT2D eigenvalue weighted by molar-refractivity contribution is 0.0874. The predicted molar refractivity (Wildman–Crippen MR) is 99.2 cm³/mol. The third-order valence-corrected chi connectivity index (χ3v) is 6.38. The van der Waals surface area contributed by atoms with Crippen LogP contribution >= 0.6 is 12.4 Å². The molecule has 2 aliphatic rings. The second-order valence-electron chi connectivity index (χ2n) is 6.03. The van der Waals surface area contributed by atoms with Crippen LogP contribution in [0.2, 0.25) is 0 Å². The van der Waals surface area contributed by atoms with E-state index in [1.807, 2.05) is 0 Å². The van der Waals surface area contributed by atoms with Crippen molar-refractivity contribution in [3.8, 4) is 0 Å². The van der Waals surface area contributed by atoms with Gasteiger partial charge in [-0.1, -0.05) is 0 Å². The summed E-state index contributed by atoms with van der Waals surface area (Å²) < 4.78 is 25.6. The average molecular weight is 403 g/mol. The number of carbonyl (C=O) groups is 2. The second-order valence-corrected chi connectivity index (χ2v) is 7.86. The molecule has 0 bridgehead atoms. The number of rotatable bonds is 5. The fraction of sp³-hybridized carbons (Fsp3) is 0.500. The Morgan fingerprint density at radius 2 is 1.96 bits per heavy atom. The van der Waals surface area contributed by atoms with Gasteiger partial charge in [-0.25, -0.2) is 12.7 Å². The van der Waals surface area contributed by atoms with Gasteiger partial charge in [0, 0.05) is 51.4 Å². The normalized spacial score (nSPS) is 19.0. The molecule has 2 aliphatic heterocycles. The minimum absolute atomic E-state index is 0. The van der Waals surface area contributed by atoms with Gasteiger partial charge in [-0.2, -0.15) is 0 Å². The first-order valence-corrected chi connectivity index (χ1v) is 9.81. The molecule has 10 heteroatoms. The number of amides is 2. The van der Waals surface area contributed by atoms with Gasteiger partial charge in [0.15, 0.2) is 0 Å². The van der Waals surface area contributed by atoms with Gasteiger partial charge in [0.25, 0.3) is 21.8 Å². The van der Waals surface area contributed by atoms with Crippen LogP contribution in [0, 0.1) is 0 Å². The van der Waals surface area contributed by atoms with E-state index in [0.29, 0.717) is 6.54 Å². The molecule has 2 N–H and O–H groups in total. The zero-order valence-corrected chi connectivity index (χ0v) is 16.2. The summed E-state index contributed by atoms with van der Waals surface area (Å²) in [6, 6.07) is 4.19. The lowest BCUT2D eigenvalue weighted by Gasteiger charge is -2.27. The highest BCUT2D eigenvalue weighted by Gasteiger charge is 2.40. The van der Waals surface area contributed by atoms with Gasteiger partial charge in [-0.05, 0) is 25.1 Å². The molecule has 0 saturated carbocycles. The van der Waals surface area contributed by atoms with Crippen LogP contribution in [-0.2, 0) is 10.0 Å². The van der Waals surface area contributed by atoms with Crippen molar-refractivity contribution in [2.75, 3.05) is 45.8 Å². The predicted octanol–water partition coefficient (Wildman–Crippen LogP) is -0.0922. The van der Waals surface area contributed by atoms with E-state index in [-0.39, 0.29) is 40.9 Å². The van der Waals surface area contributed by atoms with Crippen LogP contribution in [-0.4, -0.2) is 75.3 Å². The van der Waals surface area contributed by atoms with E-state index >= 15 is 0 Å². The van der Waals surface area contributed by atoms with E-state index < -0.39 is 15.9 Å². The molecular formula is C16H23ClN4O4S. The fourth-order valence-corrected chi connectivity index (χ4v) is 4.70. The Labute approximate surface area is 159 Å². The van der Waals surface area contributed by atoms with Crippen LogP contribution in [0.15, 0.2) is 23.1 Å². The van der Waals surface area contributed by atoms with Crippen LogP contribution < -0.4 is 10.6 Å². The van der Waals surface area contributed by atoms with E-state index in [4.69, 9.17) is 0 Å². The number of sulfonamides is 1. The van der Waals surface area contributed by atoms with Crippen LogP contribution in [0.1, 0.15) is 27.6 Å². The molecule has 0 aliphatic carbocycles. The van der Waals surface area contributed by atoms with Gasteiger partial charge in [-0.3, -0.25) is 14.5 Å². The summed E-state index contributed by atoms with van der Waals surface area (Å²) in [7, 11) is -3.85. The Kier molecular flexibility index (Phi) is 6.62. The zero-order valence-electron chi connectivity index (χ0n) is 14.5. The number of hydrogen-bond donors (Lipinski definition) is 2. The van der Waals surface area contributed by atoms with Gasteiger partial charge >= 0.3 is 0 Å². The number of nitrogens with one attached hydrogen (secondary N) is 2. The fourth-order valence-electron chi connectivity index (χ4n) is 3.09. The van der Waals surface area contributed by atoms with Crippen molar-refractivity contribution in [2.45, 2.75) is 11.8 Å². The lowest BCUT2D eigenvalue weighted by Crippen LogP contribution is -2.46. The highest BCUT2D eigenvalue weighted by molar-refractivity contribution is 7.90. The molecule has 1 saturated heterocycles. The first-order valence-electron chi connectivity index (χ1n) is 8.37. The molecule has 26 heavy (non-hydrogen) atoms. The quantitative estimate of drug-likeness (QED) is 0.714. The summed E-state index contributed by atoms with van der Waals surface area (Å²) in [6.07, 6.45) is 0. The minimum Gasteiger partial charge on any atom is -0.351 e. The van der Waals surface area contributed by atoms with Crippen molar-refractivity contribution in [1.29, 1.82) is 0 Å². The van der Waals surface area contributed by atoms with E-state index in [0.717, 1.165) is 37.0 Å². The lowest BCUT2D eigenvalue weighted by atomic mass is 10.1. The summed E-state index contributed by atoms with van der Waals surface area (Å²) in [5.74, 6) is -0.876. The summed E-state index contributed by atoms with van der Waals surface area (Å²) in [5, 5.41) is 6.07. The molecule has 2 amide bonds. The summed E-state index contributed by atoms with van der Waals surface area (Å²) in [4.78, 5) is 26.6. The maximum atomic E-state index is 12.4. The third-order valence-electron chi connectivity index (χ3n) is 4.48. The first-order chi connectivity index (χ1) is 11.9. The Morgan fingerprint density at radius 3 is 2.62 bits per heavy atom. The highest BCUT2D eigenvalue weighted by atomic mass is 35.5. The van der Waals surface area contributed by atoms with E-state index in [2.05, 4.69) is 15.5 Å². The summed E-state index contributed by atoms with van der Waals surface area (Å²) in [6.45, 7) is 6.69. The van der Waals surface area contributed by atoms with E-state index in [9.17, 15) is 18.0 Å². The number of nitrogens with zero attached hydrogens (tertiary/aromatic N) is 2. The number of benzene rings is 1. The summed E-state index contributed by atoms with van der Waals surface area (Å²) >= 11 is 0. The molecule has 0 unspecified atom stereocenters. The Morgan fingerprint density at radius 1 is 1.27 bits per heavy atom. The van der Waals surface area contributed by atoms with Crippen LogP contribution in [0.3, 0.4) is 0 Å². The van der Waals surface area contributed by atoms with Crippen LogP contribution in [0.4, 0.5) is 0 Å². The van der Waals surface area contributed by atoms with Crippen LogP contribution in [0.5, 0.6) is 0 Å². The van der Waals surface area contributed by atoms with Crippen molar-refractivity contribution in [3.05, 3.63) is 29.3 Å². The van der Waals surface area contributed by atoms with E-state index in [1.165, 1.54) is 18.2 Å². The van der Waals surface area contributed by atoms with Crippen molar-refractivity contribution in [3.63, 3.8) is 0 Å². The van der Waals surface area contributed by atoms with E-state index in [1.54, 1.807) is 6.92 Å². The zero-order chi connectivity index (χ0) is 18.0. The molecule has 0 aromatic heterocycles. The first kappa shape index (κ1) is 20.6. The largest absolute Gasteiger partial charge is 0.351 e. The summed E-state index contributed by atoms with van der Waals surface area (Å²) in [5.41, 5.74) is 0.368. The Hall–Kier alpha value is -1.68. The van der Waals surface area contributed by atoms with Crippen molar-refractivity contribution in [1.82, 2.24) is 19.8 Å². The molecule has 2 heterocycles. The van der Waals surface area contributed by atoms with Crippen molar-refractivity contribution in [2.24, 2.45) is 0 Å². The SMILES string of the molecule is CCN1C(=O)c2ccc(C(=O)NCCN3CCNCC3)cc2S1(=O)=O.Cl. The second kappa shape index (κ2) is 8.34. The molecule has 3 rings (SSSR count). The molecule has 8 nitrogen and oxygen atoms in total.